The molecule has 0 radical (unpaired) electrons. The fourth-order valence-corrected chi connectivity index (χ4v) is 7.10. The van der Waals surface area contributed by atoms with Gasteiger partial charge in [0.05, 0.1) is 51.8 Å². The molecule has 0 saturated carbocycles. The van der Waals surface area contributed by atoms with Crippen LogP contribution in [0.15, 0.2) is 42.9 Å². The molecule has 2 aromatic rings. The van der Waals surface area contributed by atoms with Crippen LogP contribution >= 0.6 is 7.82 Å². The lowest BCUT2D eigenvalue weighted by Gasteiger charge is -2.28. The number of amides is 7. The fourth-order valence-electron chi connectivity index (χ4n) is 6.54. The number of ether oxygens (including phenoxy) is 2. The third kappa shape index (κ3) is 18.4. The smallest absolute Gasteiger partial charge is 0.394 e. The number of carbonyl (C=O) groups is 7. The molecule has 7 atom stereocenters. The fraction of sp³-hybridized carbons (Fsp3) is 0.590. The summed E-state index contributed by atoms with van der Waals surface area (Å²) in [5.74, 6) is -6.05. The summed E-state index contributed by atoms with van der Waals surface area (Å²) in [5, 5.41) is 19.7. The lowest BCUT2D eigenvalue weighted by atomic mass is 10.0. The molecule has 356 valence electrons. The molecule has 1 aliphatic rings. The second-order valence-corrected chi connectivity index (χ2v) is 16.6. The van der Waals surface area contributed by atoms with Crippen molar-refractivity contribution in [2.45, 2.75) is 102 Å². The van der Waals surface area contributed by atoms with Crippen molar-refractivity contribution in [3.05, 3.63) is 54.1 Å². The highest BCUT2D eigenvalue weighted by molar-refractivity contribution is 7.46. The number of H-pyrrole nitrogens is 1. The minimum atomic E-state index is -5.13. The Kier molecular flexibility index (Phi) is 21.9. The van der Waals surface area contributed by atoms with E-state index in [2.05, 4.69) is 41.2 Å². The van der Waals surface area contributed by atoms with Crippen LogP contribution in [0.4, 0.5) is 0 Å². The second kappa shape index (κ2) is 26.5. The first-order valence-corrected chi connectivity index (χ1v) is 22.0. The van der Waals surface area contributed by atoms with Gasteiger partial charge in [0.15, 0.2) is 0 Å². The van der Waals surface area contributed by atoms with Gasteiger partial charge >= 0.3 is 7.82 Å². The largest absolute Gasteiger partial charge is 0.469 e. The molecule has 0 spiro atoms. The van der Waals surface area contributed by atoms with E-state index in [-0.39, 0.29) is 57.8 Å². The highest BCUT2D eigenvalue weighted by Crippen LogP contribution is 2.38. The number of benzene rings is 1. The first kappa shape index (κ1) is 53.0. The van der Waals surface area contributed by atoms with Crippen LogP contribution in [0.5, 0.6) is 0 Å². The number of nitrogens with zero attached hydrogens (tertiary/aromatic N) is 2. The number of phosphoric ester groups is 1. The normalized spacial score (nSPS) is 17.4. The van der Waals surface area contributed by atoms with Crippen molar-refractivity contribution in [2.75, 3.05) is 40.1 Å². The van der Waals surface area contributed by atoms with Crippen molar-refractivity contribution < 1.29 is 71.9 Å². The summed E-state index contributed by atoms with van der Waals surface area (Å²) in [5.41, 5.74) is 9.03. The van der Waals surface area contributed by atoms with Crippen LogP contribution in [0.25, 0.3) is 0 Å². The van der Waals surface area contributed by atoms with E-state index in [9.17, 15) is 43.2 Å². The number of primary amides is 1. The average Bonchev–Trinajstić information content (AvgIpc) is 3.92. The number of nitrogens with one attached hydrogen (secondary N) is 6. The quantitative estimate of drug-likeness (QED) is 0.0242. The molecule has 11 N–H and O–H groups in total. The third-order valence-electron chi connectivity index (χ3n) is 9.75. The van der Waals surface area contributed by atoms with E-state index >= 15 is 0 Å². The molecule has 1 aliphatic heterocycles. The molecular formula is C39H60N9O15P. The Balaban J connectivity index is 1.78. The summed E-state index contributed by atoms with van der Waals surface area (Å²) in [7, 11) is -3.63. The van der Waals surface area contributed by atoms with Crippen LogP contribution in [0, 0.1) is 5.92 Å². The molecule has 1 unspecified atom stereocenters. The summed E-state index contributed by atoms with van der Waals surface area (Å²) in [6.07, 6.45) is 0.507. The Morgan fingerprint density at radius 2 is 1.59 bits per heavy atom. The predicted octanol–water partition coefficient (Wildman–Crippen LogP) is -2.38. The van der Waals surface area contributed by atoms with Crippen LogP contribution in [-0.2, 0) is 69.8 Å². The van der Waals surface area contributed by atoms with Gasteiger partial charge in [0.25, 0.3) is 0 Å². The number of methoxy groups -OCH3 is 1. The van der Waals surface area contributed by atoms with E-state index in [0.29, 0.717) is 18.7 Å². The molecule has 1 saturated heterocycles. The number of hydroxylamine groups is 1. The zero-order valence-corrected chi connectivity index (χ0v) is 37.0. The molecule has 24 nitrogen and oxygen atoms in total. The topological polar surface area (TPSA) is 352 Å². The zero-order valence-electron chi connectivity index (χ0n) is 36.1. The average molecular weight is 926 g/mol. The Hall–Kier alpha value is -5.33. The highest BCUT2D eigenvalue weighted by Gasteiger charge is 2.42. The number of aliphatic hydroxyl groups is 1. The zero-order chi connectivity index (χ0) is 47.4. The molecule has 25 heteroatoms. The maximum atomic E-state index is 14.1. The first-order chi connectivity index (χ1) is 30.3. The molecule has 64 heavy (non-hydrogen) atoms. The SMILES string of the molecule is COCCOCCC(=O)N1C[C@H](ONC(=O)CCc2ccccc2)C[C@H]1C(=O)N[C@@H](CC(C)C)C(=O)N[C@@H](Cc1cnc[nH]1)C(=O)N[C@@H](CO)C(=O)N[C@H](C(N)=O)C(C)OP(=O)(O)O. The Morgan fingerprint density at radius 1 is 0.922 bits per heavy atom. The summed E-state index contributed by atoms with van der Waals surface area (Å²) in [6.45, 7) is 4.09. The monoisotopic (exact) mass is 925 g/mol. The van der Waals surface area contributed by atoms with Gasteiger partial charge in [0.2, 0.25) is 41.4 Å². The van der Waals surface area contributed by atoms with E-state index < -0.39 is 98.2 Å². The van der Waals surface area contributed by atoms with Gasteiger partial charge in [-0.2, -0.15) is 0 Å². The van der Waals surface area contributed by atoms with Crippen LogP contribution in [0.1, 0.15) is 57.7 Å². The van der Waals surface area contributed by atoms with E-state index in [4.69, 9.17) is 29.8 Å². The number of imidazole rings is 1. The van der Waals surface area contributed by atoms with E-state index in [0.717, 1.165) is 12.5 Å². The minimum Gasteiger partial charge on any atom is -0.394 e. The maximum absolute atomic E-state index is 14.1. The number of aliphatic hydroxyl groups excluding tert-OH is 1. The number of rotatable bonds is 28. The predicted molar refractivity (Wildman–Crippen MR) is 224 cm³/mol. The number of aryl methyl sites for hydroxylation is 1. The van der Waals surface area contributed by atoms with E-state index in [1.165, 1.54) is 24.5 Å². The van der Waals surface area contributed by atoms with Crippen LogP contribution in [0.3, 0.4) is 0 Å². The van der Waals surface area contributed by atoms with Gasteiger partial charge in [-0.1, -0.05) is 44.2 Å². The van der Waals surface area contributed by atoms with E-state index in [1.807, 2.05) is 30.3 Å². The van der Waals surface area contributed by atoms with Crippen molar-refractivity contribution in [3.8, 4) is 0 Å². The van der Waals surface area contributed by atoms with Gasteiger partial charge in [0.1, 0.15) is 36.3 Å². The Morgan fingerprint density at radius 3 is 2.20 bits per heavy atom. The molecule has 1 aromatic heterocycles. The summed E-state index contributed by atoms with van der Waals surface area (Å²) < 4.78 is 26.2. The number of hydrogen-bond donors (Lipinski definition) is 10. The van der Waals surface area contributed by atoms with Crippen LogP contribution in [-0.4, -0.2) is 154 Å². The molecule has 7 amide bonds. The van der Waals surface area contributed by atoms with Gasteiger partial charge in [-0.3, -0.25) is 42.9 Å². The molecule has 1 aromatic carbocycles. The summed E-state index contributed by atoms with van der Waals surface area (Å²) in [4.78, 5) is 125. The molecule has 2 heterocycles. The van der Waals surface area contributed by atoms with Crippen molar-refractivity contribution in [3.63, 3.8) is 0 Å². The van der Waals surface area contributed by atoms with Gasteiger partial charge < -0.3 is 61.3 Å². The van der Waals surface area contributed by atoms with Gasteiger partial charge in [0, 0.05) is 38.3 Å². The number of hydrogen-bond acceptors (Lipinski definition) is 14. The number of aromatic amines is 1. The summed E-state index contributed by atoms with van der Waals surface area (Å²) in [6, 6.07) is 1.87. The van der Waals surface area contributed by atoms with Crippen LogP contribution < -0.4 is 32.5 Å². The Bertz CT molecular complexity index is 1890. The lowest BCUT2D eigenvalue weighted by molar-refractivity contribution is -0.141. The third-order valence-corrected chi connectivity index (χ3v) is 10.4. The van der Waals surface area contributed by atoms with E-state index in [1.54, 1.807) is 13.8 Å². The van der Waals surface area contributed by atoms with Crippen molar-refractivity contribution >= 4 is 49.2 Å². The molecule has 0 bridgehead atoms. The maximum Gasteiger partial charge on any atom is 0.469 e. The minimum absolute atomic E-state index is 0.0294. The Labute approximate surface area is 369 Å². The summed E-state index contributed by atoms with van der Waals surface area (Å²) >= 11 is 0. The van der Waals surface area contributed by atoms with Crippen LogP contribution in [0.2, 0.25) is 0 Å². The number of nitrogens with two attached hydrogens (primary N) is 1. The lowest BCUT2D eigenvalue weighted by Crippen LogP contribution is -2.61. The number of aromatic nitrogens is 2. The van der Waals surface area contributed by atoms with Crippen molar-refractivity contribution in [2.24, 2.45) is 11.7 Å². The first-order valence-electron chi connectivity index (χ1n) is 20.5. The second-order valence-electron chi connectivity index (χ2n) is 15.4. The molecule has 3 rings (SSSR count). The molecule has 1 fully saturated rings. The van der Waals surface area contributed by atoms with Crippen molar-refractivity contribution in [1.29, 1.82) is 0 Å². The number of carbonyl (C=O) groups excluding carboxylic acids is 7. The highest BCUT2D eigenvalue weighted by atomic mass is 31.2. The van der Waals surface area contributed by atoms with Gasteiger partial charge in [-0.15, -0.1) is 0 Å². The van der Waals surface area contributed by atoms with Gasteiger partial charge in [-0.25, -0.2) is 15.0 Å². The van der Waals surface area contributed by atoms with Gasteiger partial charge in [-0.05, 0) is 31.2 Å². The molecular weight excluding hydrogens is 865 g/mol. The molecule has 0 aliphatic carbocycles. The standard InChI is InChI=1S/C39H60N9O15P/c1-23(2)16-28(36(53)43-29(17-26-19-41-22-42-26)37(54)45-30(21-49)38(55)46-34(35(40)52)24(3)63-64(57,58)59)44-39(56)31-18-27(20-48(31)33(51)12-13-61-15-14-60-4)62-47-32(50)11-10-25-8-6-5-7-9-25/h5-9,19,22-24,27-31,34,49H,10-18,20-21H2,1-4H3,(H2,40,52)(H,41,42)(H,43,53)(H,44,56)(H,45,54)(H,46,55)(H,47,50)(H2,57,58,59)/t24?,27-,28+,29+,30+,31+,34+/m1/s1. The number of likely N-dealkylation sites (tertiary alicyclic amines) is 1. The number of phosphoric acid groups is 1. The van der Waals surface area contributed by atoms with Crippen molar-refractivity contribution in [1.82, 2.24) is 41.6 Å².